The fraction of sp³-hybridized carbons (Fsp3) is 0.571. The van der Waals surface area contributed by atoms with Crippen LogP contribution in [0.15, 0.2) is 15.8 Å². The van der Waals surface area contributed by atoms with E-state index in [2.05, 4.69) is 17.8 Å². The summed E-state index contributed by atoms with van der Waals surface area (Å²) in [5.41, 5.74) is -1.35. The van der Waals surface area contributed by atoms with Crippen LogP contribution in [0.1, 0.15) is 32.1 Å². The number of terminal acetylenes is 1. The number of hydrogen-bond acceptors (Lipinski definition) is 4. The van der Waals surface area contributed by atoms with Crippen LogP contribution in [-0.2, 0) is 9.47 Å². The molecular weight excluding hydrogens is 260 g/mol. The van der Waals surface area contributed by atoms with Crippen molar-refractivity contribution < 1.29 is 9.47 Å². The van der Waals surface area contributed by atoms with Gasteiger partial charge in [-0.1, -0.05) is 19.8 Å². The number of rotatable bonds is 2. The number of aromatic amines is 1. The molecule has 2 aliphatic rings. The Kier molecular flexibility index (Phi) is 2.85. The fourth-order valence-corrected chi connectivity index (χ4v) is 3.09. The van der Waals surface area contributed by atoms with Gasteiger partial charge in [-0.3, -0.25) is 14.3 Å². The first-order valence-corrected chi connectivity index (χ1v) is 6.64. The van der Waals surface area contributed by atoms with Gasteiger partial charge in [0.2, 0.25) is 0 Å². The van der Waals surface area contributed by atoms with E-state index >= 15 is 0 Å². The smallest absolute Gasteiger partial charge is 0.330 e. The van der Waals surface area contributed by atoms with Gasteiger partial charge in [0.1, 0.15) is 11.7 Å². The van der Waals surface area contributed by atoms with Crippen LogP contribution in [0.5, 0.6) is 0 Å². The molecule has 0 aromatic carbocycles. The Bertz CT molecular complexity index is 698. The minimum absolute atomic E-state index is 0.106. The Morgan fingerprint density at radius 2 is 2.35 bits per heavy atom. The van der Waals surface area contributed by atoms with Crippen molar-refractivity contribution in [1.29, 1.82) is 0 Å². The molecule has 2 bridgehead atoms. The van der Waals surface area contributed by atoms with Gasteiger partial charge in [-0.2, -0.15) is 0 Å². The van der Waals surface area contributed by atoms with Crippen molar-refractivity contribution >= 4 is 0 Å². The van der Waals surface area contributed by atoms with Crippen LogP contribution >= 0.6 is 0 Å². The summed E-state index contributed by atoms with van der Waals surface area (Å²) in [5, 5.41) is 0. The lowest BCUT2D eigenvalue weighted by molar-refractivity contribution is -0.174. The zero-order valence-electron chi connectivity index (χ0n) is 11.4. The summed E-state index contributed by atoms with van der Waals surface area (Å²) in [6, 6.07) is 0. The maximum absolute atomic E-state index is 12.0. The number of H-pyrrole nitrogens is 1. The summed E-state index contributed by atoms with van der Waals surface area (Å²) >= 11 is 0. The lowest BCUT2D eigenvalue weighted by atomic mass is 9.88. The summed E-state index contributed by atoms with van der Waals surface area (Å²) in [7, 11) is 0. The number of ether oxygens (including phenoxy) is 2. The second kappa shape index (κ2) is 4.33. The molecule has 6 nitrogen and oxygen atoms in total. The van der Waals surface area contributed by atoms with Crippen LogP contribution in [0.25, 0.3) is 0 Å². The first kappa shape index (κ1) is 13.2. The fourth-order valence-electron chi connectivity index (χ4n) is 3.09. The predicted octanol–water partition coefficient (Wildman–Crippen LogP) is 0.230. The van der Waals surface area contributed by atoms with Crippen molar-refractivity contribution in [2.75, 3.05) is 6.61 Å². The highest BCUT2D eigenvalue weighted by Gasteiger charge is 2.58. The topological polar surface area (TPSA) is 73.3 Å². The van der Waals surface area contributed by atoms with Gasteiger partial charge in [0, 0.05) is 12.1 Å². The van der Waals surface area contributed by atoms with E-state index in [0.717, 1.165) is 6.42 Å². The van der Waals surface area contributed by atoms with Crippen LogP contribution in [0.2, 0.25) is 0 Å². The van der Waals surface area contributed by atoms with Gasteiger partial charge in [0.05, 0.1) is 12.2 Å². The second-order valence-corrected chi connectivity index (χ2v) is 5.34. The minimum Gasteiger partial charge on any atom is -0.370 e. The summed E-state index contributed by atoms with van der Waals surface area (Å²) in [6.07, 6.45) is 6.69. The molecule has 20 heavy (non-hydrogen) atoms. The molecule has 0 saturated carbocycles. The standard InChI is InChI=1S/C14H16N2O4/c1-4-9-6-16(13(18)15-11(9)17)12-10-8(3)14(5-2,20-12)7-19-10/h1,6,8,10,12H,5,7H2,2-3H3,(H,15,17,18). The van der Waals surface area contributed by atoms with Crippen molar-refractivity contribution in [3.63, 3.8) is 0 Å². The number of hydrogen-bond donors (Lipinski definition) is 1. The molecule has 4 atom stereocenters. The summed E-state index contributed by atoms with van der Waals surface area (Å²) in [5.74, 6) is 2.45. The second-order valence-electron chi connectivity index (χ2n) is 5.34. The molecule has 1 N–H and O–H groups in total. The average Bonchev–Trinajstić information content (AvgIpc) is 2.90. The molecule has 2 fully saturated rings. The van der Waals surface area contributed by atoms with Crippen LogP contribution in [-0.4, -0.2) is 27.9 Å². The third kappa shape index (κ3) is 1.60. The molecule has 0 aliphatic carbocycles. The zero-order chi connectivity index (χ0) is 14.5. The monoisotopic (exact) mass is 276 g/mol. The van der Waals surface area contributed by atoms with Gasteiger partial charge in [-0.25, -0.2) is 4.79 Å². The van der Waals surface area contributed by atoms with Crippen LogP contribution in [0, 0.1) is 18.3 Å². The molecule has 0 radical (unpaired) electrons. The molecule has 1 aromatic heterocycles. The number of aromatic nitrogens is 2. The molecule has 106 valence electrons. The maximum atomic E-state index is 12.0. The van der Waals surface area contributed by atoms with Crippen molar-refractivity contribution in [3.8, 4) is 12.3 Å². The van der Waals surface area contributed by atoms with Gasteiger partial charge in [-0.15, -0.1) is 6.42 Å². The summed E-state index contributed by atoms with van der Waals surface area (Å²) in [6.45, 7) is 4.62. The first-order valence-electron chi connectivity index (χ1n) is 6.64. The molecule has 2 aliphatic heterocycles. The number of nitrogens with zero attached hydrogens (tertiary/aromatic N) is 1. The predicted molar refractivity (Wildman–Crippen MR) is 71.3 cm³/mol. The molecule has 4 unspecified atom stereocenters. The van der Waals surface area contributed by atoms with Crippen LogP contribution in [0.3, 0.4) is 0 Å². The van der Waals surface area contributed by atoms with Crippen molar-refractivity contribution in [2.24, 2.45) is 5.92 Å². The van der Waals surface area contributed by atoms with E-state index in [9.17, 15) is 9.59 Å². The van der Waals surface area contributed by atoms with Crippen LogP contribution < -0.4 is 11.2 Å². The molecule has 0 spiro atoms. The van der Waals surface area contributed by atoms with Gasteiger partial charge < -0.3 is 9.47 Å². The van der Waals surface area contributed by atoms with E-state index in [1.165, 1.54) is 10.8 Å². The van der Waals surface area contributed by atoms with Crippen LogP contribution in [0.4, 0.5) is 0 Å². The maximum Gasteiger partial charge on any atom is 0.330 e. The lowest BCUT2D eigenvalue weighted by Gasteiger charge is -2.31. The summed E-state index contributed by atoms with van der Waals surface area (Å²) < 4.78 is 13.1. The Hall–Kier alpha value is -1.84. The third-order valence-electron chi connectivity index (χ3n) is 4.48. The van der Waals surface area contributed by atoms with Crippen molar-refractivity contribution in [2.45, 2.75) is 38.2 Å². The van der Waals surface area contributed by atoms with E-state index in [1.54, 1.807) is 0 Å². The highest BCUT2D eigenvalue weighted by Crippen LogP contribution is 2.49. The van der Waals surface area contributed by atoms with E-state index in [1.807, 2.05) is 6.92 Å². The highest BCUT2D eigenvalue weighted by molar-refractivity contribution is 5.26. The van der Waals surface area contributed by atoms with Gasteiger partial charge in [0.25, 0.3) is 5.56 Å². The summed E-state index contributed by atoms with van der Waals surface area (Å²) in [4.78, 5) is 25.7. The Morgan fingerprint density at radius 1 is 1.60 bits per heavy atom. The quantitative estimate of drug-likeness (QED) is 0.785. The Morgan fingerprint density at radius 3 is 2.95 bits per heavy atom. The van der Waals surface area contributed by atoms with Gasteiger partial charge in [0.15, 0.2) is 6.23 Å². The molecular formula is C14H16N2O4. The highest BCUT2D eigenvalue weighted by atomic mass is 16.6. The molecule has 6 heteroatoms. The zero-order valence-corrected chi connectivity index (χ0v) is 11.4. The Labute approximate surface area is 115 Å². The molecule has 3 rings (SSSR count). The van der Waals surface area contributed by atoms with Gasteiger partial charge in [-0.05, 0) is 6.42 Å². The number of nitrogens with one attached hydrogen (secondary N) is 1. The van der Waals surface area contributed by atoms with Crippen molar-refractivity contribution in [3.05, 3.63) is 32.6 Å². The average molecular weight is 276 g/mol. The largest absolute Gasteiger partial charge is 0.370 e. The van der Waals surface area contributed by atoms with Gasteiger partial charge >= 0.3 is 5.69 Å². The lowest BCUT2D eigenvalue weighted by Crippen LogP contribution is -2.41. The SMILES string of the molecule is C#Cc1cn(C2OC3(CC)COC2C3C)c(=O)[nH]c1=O. The third-order valence-corrected chi connectivity index (χ3v) is 4.48. The van der Waals surface area contributed by atoms with E-state index in [4.69, 9.17) is 15.9 Å². The molecule has 3 heterocycles. The normalized spacial score (nSPS) is 35.1. The van der Waals surface area contributed by atoms with E-state index in [0.29, 0.717) is 6.61 Å². The molecule has 2 saturated heterocycles. The Balaban J connectivity index is 2.07. The van der Waals surface area contributed by atoms with E-state index in [-0.39, 0.29) is 23.2 Å². The molecule has 0 amide bonds. The van der Waals surface area contributed by atoms with E-state index < -0.39 is 17.5 Å². The number of fused-ring (bicyclic) bond motifs is 2. The van der Waals surface area contributed by atoms with Crippen molar-refractivity contribution in [1.82, 2.24) is 9.55 Å². The molecule has 1 aromatic rings. The minimum atomic E-state index is -0.559. The first-order chi connectivity index (χ1) is 9.52.